The Hall–Kier alpha value is -2.79. The number of amides is 1. The van der Waals surface area contributed by atoms with Crippen LogP contribution in [0.25, 0.3) is 21.1 Å². The second-order valence-electron chi connectivity index (χ2n) is 11.2. The maximum Gasteiger partial charge on any atom is 0.344 e. The molecule has 0 radical (unpaired) electrons. The van der Waals surface area contributed by atoms with Gasteiger partial charge >= 0.3 is 5.97 Å². The number of esters is 1. The molecule has 0 unspecified atom stereocenters. The first kappa shape index (κ1) is 28.2. The third-order valence-corrected chi connectivity index (χ3v) is 8.86. The van der Waals surface area contributed by atoms with Crippen molar-refractivity contribution in [3.63, 3.8) is 0 Å². The first-order valence-corrected chi connectivity index (χ1v) is 14.3. The van der Waals surface area contributed by atoms with Gasteiger partial charge < -0.3 is 14.4 Å². The Kier molecular flexibility index (Phi) is 8.27. The minimum absolute atomic E-state index is 0.0249. The molecular weight excluding hydrogens is 570 g/mol. The van der Waals surface area contributed by atoms with Gasteiger partial charge in [-0.2, -0.15) is 5.21 Å². The summed E-state index contributed by atoms with van der Waals surface area (Å²) in [5.74, 6) is 0.346. The van der Waals surface area contributed by atoms with Crippen molar-refractivity contribution in [3.05, 3.63) is 28.7 Å². The maximum atomic E-state index is 13.0. The van der Waals surface area contributed by atoms with Crippen molar-refractivity contribution >= 4 is 44.8 Å². The number of carbonyl (C=O) groups is 2. The highest BCUT2D eigenvalue weighted by atomic mass is 79.9. The number of benzene rings is 1. The monoisotopic (exact) mass is 603 g/mol. The predicted molar refractivity (Wildman–Crippen MR) is 151 cm³/mol. The largest absolute Gasteiger partial charge is 0.479 e. The first-order chi connectivity index (χ1) is 17.9. The summed E-state index contributed by atoms with van der Waals surface area (Å²) < 4.78 is 11.5. The van der Waals surface area contributed by atoms with Crippen molar-refractivity contribution < 1.29 is 19.1 Å². The van der Waals surface area contributed by atoms with Crippen LogP contribution in [0.15, 0.2) is 28.7 Å². The van der Waals surface area contributed by atoms with Crippen molar-refractivity contribution in [2.24, 2.45) is 10.8 Å². The number of H-pyrrole nitrogens is 1. The molecule has 204 valence electrons. The summed E-state index contributed by atoms with van der Waals surface area (Å²) in [4.78, 5) is 28.4. The van der Waals surface area contributed by atoms with Gasteiger partial charge in [-0.1, -0.05) is 39.8 Å². The average molecular weight is 605 g/mol. The van der Waals surface area contributed by atoms with Gasteiger partial charge in [-0.3, -0.25) is 4.79 Å². The second kappa shape index (κ2) is 11.1. The number of aromatic amines is 1. The quantitative estimate of drug-likeness (QED) is 0.303. The molecule has 0 aliphatic heterocycles. The summed E-state index contributed by atoms with van der Waals surface area (Å²) in [5.41, 5.74) is 2.03. The number of hydrogen-bond donors (Lipinski definition) is 1. The normalized spacial score (nSPS) is 16.7. The lowest BCUT2D eigenvalue weighted by molar-refractivity contribution is -0.145. The molecule has 1 fully saturated rings. The van der Waals surface area contributed by atoms with Crippen LogP contribution in [0, 0.1) is 10.8 Å². The van der Waals surface area contributed by atoms with Crippen molar-refractivity contribution in [3.8, 4) is 26.9 Å². The number of carbonyl (C=O) groups excluding carboxylic acids is 2. The Balaban J connectivity index is 1.72. The van der Waals surface area contributed by atoms with Crippen LogP contribution in [0.2, 0.25) is 0 Å². The van der Waals surface area contributed by atoms with E-state index in [4.69, 9.17) is 9.47 Å². The van der Waals surface area contributed by atoms with E-state index in [9.17, 15) is 9.59 Å². The lowest BCUT2D eigenvalue weighted by Crippen LogP contribution is -2.48. The molecule has 1 aromatic carbocycles. The Morgan fingerprint density at radius 3 is 2.50 bits per heavy atom. The standard InChI is InChI=1S/C27H34BrN5O4S/c1-7-36-20(35)14-37-22-21(28)23(38-24(22)25-29-31-32-30-25)17-9-8-10-18(11-17)33(16(2)34)19-12-26(3,4)15-27(5,6)13-19/h8-11,19H,7,12-15H2,1-6H3,(H,29,30,31,32). The number of nitrogens with zero attached hydrogens (tertiary/aromatic N) is 4. The molecule has 1 aliphatic carbocycles. The summed E-state index contributed by atoms with van der Waals surface area (Å²) in [7, 11) is 0. The Morgan fingerprint density at radius 2 is 1.89 bits per heavy atom. The van der Waals surface area contributed by atoms with Gasteiger partial charge in [-0.05, 0) is 75.9 Å². The number of anilines is 1. The van der Waals surface area contributed by atoms with Gasteiger partial charge in [0.25, 0.3) is 0 Å². The molecule has 11 heteroatoms. The van der Waals surface area contributed by atoms with Crippen LogP contribution in [0.1, 0.15) is 60.8 Å². The number of halogens is 1. The number of hydrogen-bond acceptors (Lipinski definition) is 8. The molecule has 0 saturated heterocycles. The number of tetrazole rings is 1. The predicted octanol–water partition coefficient (Wildman–Crippen LogP) is 6.26. The fourth-order valence-electron chi connectivity index (χ4n) is 5.87. The summed E-state index contributed by atoms with van der Waals surface area (Å²) in [6.07, 6.45) is 3.01. The fraction of sp³-hybridized carbons (Fsp3) is 0.519. The van der Waals surface area contributed by atoms with E-state index in [-0.39, 0.29) is 36.0 Å². The zero-order valence-electron chi connectivity index (χ0n) is 22.6. The van der Waals surface area contributed by atoms with E-state index in [2.05, 4.69) is 64.2 Å². The fourth-order valence-corrected chi connectivity index (χ4v) is 7.84. The van der Waals surface area contributed by atoms with Gasteiger partial charge in [-0.15, -0.1) is 21.5 Å². The number of rotatable bonds is 8. The number of ether oxygens (including phenoxy) is 2. The second-order valence-corrected chi connectivity index (χ2v) is 13.1. The number of thiophene rings is 1. The summed E-state index contributed by atoms with van der Waals surface area (Å²) in [6.45, 7) is 12.5. The SMILES string of the molecule is CCOC(=O)COc1c(-c2nn[nH]n2)sc(-c2cccc(N(C(C)=O)C3CC(C)(C)CC(C)(C)C3)c2)c1Br. The van der Waals surface area contributed by atoms with Crippen molar-refractivity contribution in [2.45, 2.75) is 66.8 Å². The van der Waals surface area contributed by atoms with Crippen molar-refractivity contribution in [1.29, 1.82) is 0 Å². The summed E-state index contributed by atoms with van der Waals surface area (Å²) in [5, 5.41) is 14.4. The smallest absolute Gasteiger partial charge is 0.344 e. The topological polar surface area (TPSA) is 110 Å². The van der Waals surface area contributed by atoms with E-state index in [1.54, 1.807) is 13.8 Å². The minimum atomic E-state index is -0.469. The van der Waals surface area contributed by atoms with Gasteiger partial charge in [0.2, 0.25) is 11.7 Å². The molecule has 38 heavy (non-hydrogen) atoms. The highest BCUT2D eigenvalue weighted by molar-refractivity contribution is 9.10. The Morgan fingerprint density at radius 1 is 1.18 bits per heavy atom. The first-order valence-electron chi connectivity index (χ1n) is 12.7. The van der Waals surface area contributed by atoms with E-state index >= 15 is 0 Å². The van der Waals surface area contributed by atoms with Crippen LogP contribution in [0.5, 0.6) is 5.75 Å². The molecular formula is C27H34BrN5O4S. The van der Waals surface area contributed by atoms with Gasteiger partial charge in [0.15, 0.2) is 12.4 Å². The van der Waals surface area contributed by atoms with Gasteiger partial charge in [0, 0.05) is 18.7 Å². The van der Waals surface area contributed by atoms with E-state index in [1.807, 2.05) is 29.2 Å². The zero-order valence-corrected chi connectivity index (χ0v) is 25.0. The minimum Gasteiger partial charge on any atom is -0.479 e. The third-order valence-electron chi connectivity index (χ3n) is 6.62. The summed E-state index contributed by atoms with van der Waals surface area (Å²) in [6, 6.07) is 8.06. The van der Waals surface area contributed by atoms with Gasteiger partial charge in [-0.25, -0.2) is 4.79 Å². The molecule has 1 N–H and O–H groups in total. The lowest BCUT2D eigenvalue weighted by Gasteiger charge is -2.48. The molecule has 0 spiro atoms. The zero-order chi connectivity index (χ0) is 27.7. The summed E-state index contributed by atoms with van der Waals surface area (Å²) >= 11 is 5.09. The molecule has 3 aromatic rings. The number of aromatic nitrogens is 4. The van der Waals surface area contributed by atoms with Gasteiger partial charge in [0.05, 0.1) is 16.0 Å². The molecule has 0 atom stereocenters. The Labute approximate surface area is 235 Å². The molecule has 1 saturated carbocycles. The maximum absolute atomic E-state index is 13.0. The van der Waals surface area contributed by atoms with Crippen LogP contribution >= 0.6 is 27.3 Å². The van der Waals surface area contributed by atoms with E-state index < -0.39 is 5.97 Å². The van der Waals surface area contributed by atoms with Crippen LogP contribution in [-0.4, -0.2) is 51.8 Å². The highest BCUT2D eigenvalue weighted by Gasteiger charge is 2.41. The van der Waals surface area contributed by atoms with Crippen LogP contribution < -0.4 is 9.64 Å². The molecule has 1 amide bonds. The van der Waals surface area contributed by atoms with E-state index in [0.717, 1.165) is 35.4 Å². The van der Waals surface area contributed by atoms with Crippen molar-refractivity contribution in [2.75, 3.05) is 18.1 Å². The third kappa shape index (κ3) is 6.26. The molecule has 4 rings (SSSR count). The van der Waals surface area contributed by atoms with Crippen molar-refractivity contribution in [1.82, 2.24) is 20.6 Å². The van der Waals surface area contributed by atoms with Crippen LogP contribution in [0.3, 0.4) is 0 Å². The lowest BCUT2D eigenvalue weighted by atomic mass is 9.63. The Bertz CT molecular complexity index is 1290. The highest BCUT2D eigenvalue weighted by Crippen LogP contribution is 2.51. The van der Waals surface area contributed by atoms with Crippen LogP contribution in [-0.2, 0) is 14.3 Å². The number of nitrogens with one attached hydrogen (secondary N) is 1. The molecule has 0 bridgehead atoms. The molecule has 2 heterocycles. The van der Waals surface area contributed by atoms with E-state index in [0.29, 0.717) is 20.9 Å². The molecule has 2 aromatic heterocycles. The average Bonchev–Trinajstić information content (AvgIpc) is 3.44. The van der Waals surface area contributed by atoms with Crippen LogP contribution in [0.4, 0.5) is 5.69 Å². The van der Waals surface area contributed by atoms with Gasteiger partial charge in [0.1, 0.15) is 4.88 Å². The van der Waals surface area contributed by atoms with E-state index in [1.165, 1.54) is 11.3 Å². The molecule has 9 nitrogen and oxygen atoms in total. The molecule has 1 aliphatic rings.